The molecule has 0 bridgehead atoms. The molecule has 2 amide bonds. The highest BCUT2D eigenvalue weighted by Gasteiger charge is 2.36. The number of rotatable bonds is 6. The van der Waals surface area contributed by atoms with Crippen molar-refractivity contribution in [1.29, 1.82) is 0 Å². The molecule has 0 radical (unpaired) electrons. The molecular weight excluding hydrogens is 460 g/mol. The molecule has 2 aromatic carbocycles. The molecule has 35 heavy (non-hydrogen) atoms. The molecule has 7 nitrogen and oxygen atoms in total. The van der Waals surface area contributed by atoms with E-state index in [4.69, 9.17) is 14.2 Å². The largest absolute Gasteiger partial charge is 0.497 e. The number of nitrogens with one attached hydrogen (secondary N) is 1. The van der Waals surface area contributed by atoms with Gasteiger partial charge in [0.25, 0.3) is 5.89 Å². The van der Waals surface area contributed by atoms with E-state index in [1.807, 2.05) is 54.8 Å². The Morgan fingerprint density at radius 1 is 1.09 bits per heavy atom. The van der Waals surface area contributed by atoms with Crippen molar-refractivity contribution in [2.45, 2.75) is 33.4 Å². The predicted molar refractivity (Wildman–Crippen MR) is 136 cm³/mol. The Kier molecular flexibility index (Phi) is 6.13. The normalized spacial score (nSPS) is 15.9. The summed E-state index contributed by atoms with van der Waals surface area (Å²) in [6, 6.07) is 17.2. The lowest BCUT2D eigenvalue weighted by Crippen LogP contribution is -2.45. The van der Waals surface area contributed by atoms with Gasteiger partial charge >= 0.3 is 6.03 Å². The summed E-state index contributed by atoms with van der Waals surface area (Å²) in [7, 11) is 1.62. The Balaban J connectivity index is 1.61. The van der Waals surface area contributed by atoms with E-state index < -0.39 is 6.04 Å². The molecule has 0 saturated heterocycles. The van der Waals surface area contributed by atoms with E-state index in [-0.39, 0.29) is 6.03 Å². The van der Waals surface area contributed by atoms with Crippen molar-refractivity contribution in [2.75, 3.05) is 7.11 Å². The van der Waals surface area contributed by atoms with Crippen LogP contribution in [0.15, 0.2) is 70.2 Å². The monoisotopic (exact) mass is 486 g/mol. The number of carbonyl (C=O) groups excluding carboxylic acids is 1. The van der Waals surface area contributed by atoms with Crippen LogP contribution in [0.25, 0.3) is 17.0 Å². The Morgan fingerprint density at radius 2 is 1.94 bits per heavy atom. The number of aromatic nitrogens is 2. The van der Waals surface area contributed by atoms with Gasteiger partial charge in [-0.15, -0.1) is 11.3 Å². The van der Waals surface area contributed by atoms with E-state index in [2.05, 4.69) is 36.5 Å². The molecule has 0 saturated carbocycles. The second-order valence-electron chi connectivity index (χ2n) is 8.55. The zero-order valence-electron chi connectivity index (χ0n) is 20.0. The van der Waals surface area contributed by atoms with Crippen LogP contribution in [0.4, 0.5) is 4.79 Å². The van der Waals surface area contributed by atoms with Crippen LogP contribution in [0.2, 0.25) is 0 Å². The number of aryl methyl sites for hydroxylation is 2. The second-order valence-corrected chi connectivity index (χ2v) is 9.58. The standard InChI is InChI=1S/C27H26N4O3S/c1-16-10-11-19(13-17(16)2)24-23(18(3)31(27(32)28-24)15-22-9-6-12-35-22)26-29-25(30-34-26)20-7-5-8-21(14-20)33-4/h5-14,24H,15H2,1-4H3,(H,28,32). The first kappa shape index (κ1) is 22.9. The molecule has 5 rings (SSSR count). The molecule has 1 atom stereocenters. The summed E-state index contributed by atoms with van der Waals surface area (Å²) < 4.78 is 11.1. The van der Waals surface area contributed by atoms with Gasteiger partial charge in [0.2, 0.25) is 5.82 Å². The van der Waals surface area contributed by atoms with Gasteiger partial charge in [0.1, 0.15) is 5.75 Å². The summed E-state index contributed by atoms with van der Waals surface area (Å²) in [5.74, 6) is 1.55. The number of urea groups is 1. The number of ether oxygens (including phenoxy) is 1. The van der Waals surface area contributed by atoms with E-state index in [1.54, 1.807) is 23.3 Å². The number of hydrogen-bond acceptors (Lipinski definition) is 6. The van der Waals surface area contributed by atoms with Crippen LogP contribution >= 0.6 is 11.3 Å². The van der Waals surface area contributed by atoms with Crippen molar-refractivity contribution >= 4 is 22.9 Å². The minimum atomic E-state index is -0.417. The van der Waals surface area contributed by atoms with Gasteiger partial charge < -0.3 is 14.6 Å². The van der Waals surface area contributed by atoms with Crippen molar-refractivity contribution in [1.82, 2.24) is 20.4 Å². The smallest absolute Gasteiger partial charge is 0.322 e. The van der Waals surface area contributed by atoms with Gasteiger partial charge in [0.15, 0.2) is 0 Å². The highest BCUT2D eigenvalue weighted by Crippen LogP contribution is 2.38. The quantitative estimate of drug-likeness (QED) is 0.355. The summed E-state index contributed by atoms with van der Waals surface area (Å²) >= 11 is 1.62. The molecule has 1 N–H and O–H groups in total. The number of thiophene rings is 1. The average molecular weight is 487 g/mol. The molecule has 4 aromatic rings. The number of methoxy groups -OCH3 is 1. The van der Waals surface area contributed by atoms with E-state index in [9.17, 15) is 4.79 Å². The second kappa shape index (κ2) is 9.38. The summed E-state index contributed by atoms with van der Waals surface area (Å²) in [5.41, 5.74) is 5.66. The highest BCUT2D eigenvalue weighted by atomic mass is 32.1. The lowest BCUT2D eigenvalue weighted by Gasteiger charge is -2.35. The topological polar surface area (TPSA) is 80.5 Å². The summed E-state index contributed by atoms with van der Waals surface area (Å²) in [6.45, 7) is 6.54. The zero-order valence-corrected chi connectivity index (χ0v) is 20.8. The Labute approximate surface area is 208 Å². The first-order valence-corrected chi connectivity index (χ1v) is 12.2. The molecule has 2 aromatic heterocycles. The maximum absolute atomic E-state index is 13.2. The maximum Gasteiger partial charge on any atom is 0.322 e. The van der Waals surface area contributed by atoms with Crippen LogP contribution in [0.5, 0.6) is 5.75 Å². The number of benzene rings is 2. The molecule has 0 spiro atoms. The molecule has 8 heteroatoms. The lowest BCUT2D eigenvalue weighted by atomic mass is 9.92. The molecule has 178 valence electrons. The van der Waals surface area contributed by atoms with Crippen LogP contribution in [-0.2, 0) is 6.54 Å². The molecule has 0 aliphatic carbocycles. The van der Waals surface area contributed by atoms with Gasteiger partial charge in [0, 0.05) is 16.1 Å². The van der Waals surface area contributed by atoms with Crippen molar-refractivity contribution in [3.8, 4) is 17.1 Å². The number of amides is 2. The summed E-state index contributed by atoms with van der Waals surface area (Å²) in [6.07, 6.45) is 0. The van der Waals surface area contributed by atoms with Crippen molar-refractivity contribution in [3.63, 3.8) is 0 Å². The van der Waals surface area contributed by atoms with Gasteiger partial charge in [-0.25, -0.2) is 4.79 Å². The molecule has 3 heterocycles. The van der Waals surface area contributed by atoms with Crippen molar-refractivity contribution in [2.24, 2.45) is 0 Å². The maximum atomic E-state index is 13.2. The average Bonchev–Trinajstić information content (AvgIpc) is 3.56. The third kappa shape index (κ3) is 4.44. The van der Waals surface area contributed by atoms with Crippen LogP contribution in [0, 0.1) is 13.8 Å². The highest BCUT2D eigenvalue weighted by molar-refractivity contribution is 7.09. The molecular formula is C27H26N4O3S. The fourth-order valence-corrected chi connectivity index (χ4v) is 4.91. The zero-order chi connectivity index (χ0) is 24.5. The minimum Gasteiger partial charge on any atom is -0.497 e. The SMILES string of the molecule is COc1cccc(-c2noc(C3=C(C)N(Cc4cccs4)C(=O)NC3c3ccc(C)c(C)c3)n2)c1. The first-order chi connectivity index (χ1) is 16.9. The van der Waals surface area contributed by atoms with E-state index in [0.29, 0.717) is 24.0 Å². The molecule has 0 fully saturated rings. The molecule has 1 aliphatic heterocycles. The van der Waals surface area contributed by atoms with E-state index in [0.717, 1.165) is 32.8 Å². The van der Waals surface area contributed by atoms with Crippen LogP contribution in [-0.4, -0.2) is 28.2 Å². The number of allylic oxidation sites excluding steroid dienone is 1. The number of hydrogen-bond donors (Lipinski definition) is 1. The summed E-state index contributed by atoms with van der Waals surface area (Å²) in [5, 5.41) is 9.43. The fraction of sp³-hybridized carbons (Fsp3) is 0.222. The number of carbonyl (C=O) groups is 1. The minimum absolute atomic E-state index is 0.157. The van der Waals surface area contributed by atoms with Gasteiger partial charge in [0.05, 0.1) is 25.3 Å². The van der Waals surface area contributed by atoms with Crippen LogP contribution in [0.1, 0.15) is 40.4 Å². The van der Waals surface area contributed by atoms with Crippen molar-refractivity contribution in [3.05, 3.63) is 93.1 Å². The van der Waals surface area contributed by atoms with E-state index in [1.165, 1.54) is 5.56 Å². The Hall–Kier alpha value is -3.91. The van der Waals surface area contributed by atoms with Gasteiger partial charge in [-0.3, -0.25) is 4.90 Å². The van der Waals surface area contributed by atoms with Gasteiger partial charge in [-0.2, -0.15) is 4.98 Å². The van der Waals surface area contributed by atoms with Gasteiger partial charge in [-0.05, 0) is 61.0 Å². The molecule has 1 aliphatic rings. The Bertz CT molecular complexity index is 1410. The molecule has 1 unspecified atom stereocenters. The van der Waals surface area contributed by atoms with Gasteiger partial charge in [-0.1, -0.05) is 41.6 Å². The lowest BCUT2D eigenvalue weighted by molar-refractivity contribution is 0.203. The van der Waals surface area contributed by atoms with Crippen LogP contribution in [0.3, 0.4) is 0 Å². The van der Waals surface area contributed by atoms with E-state index >= 15 is 0 Å². The van der Waals surface area contributed by atoms with Crippen molar-refractivity contribution < 1.29 is 14.1 Å². The fourth-order valence-electron chi connectivity index (χ4n) is 4.21. The third-order valence-corrected chi connectivity index (χ3v) is 7.20. The first-order valence-electron chi connectivity index (χ1n) is 11.3. The Morgan fingerprint density at radius 3 is 2.69 bits per heavy atom. The summed E-state index contributed by atoms with van der Waals surface area (Å²) in [4.78, 5) is 20.8. The number of nitrogens with zero attached hydrogens (tertiary/aromatic N) is 3. The third-order valence-electron chi connectivity index (χ3n) is 6.34. The van der Waals surface area contributed by atoms with Crippen LogP contribution < -0.4 is 10.1 Å². The predicted octanol–water partition coefficient (Wildman–Crippen LogP) is 6.12.